The summed E-state index contributed by atoms with van der Waals surface area (Å²) < 4.78 is 16.0. The van der Waals surface area contributed by atoms with Gasteiger partial charge in [0.05, 0.1) is 7.11 Å². The summed E-state index contributed by atoms with van der Waals surface area (Å²) in [4.78, 5) is 12.0. The van der Waals surface area contributed by atoms with E-state index in [9.17, 15) is 4.79 Å². The SMILES string of the molecule is COc1ccc(OCC(=O)Oc2ccccc2C(C)(C)C)cc1. The molecule has 0 aliphatic carbocycles. The normalized spacial score (nSPS) is 11.0. The molecule has 0 aliphatic rings. The molecule has 2 aromatic rings. The van der Waals surface area contributed by atoms with Crippen LogP contribution in [-0.4, -0.2) is 19.7 Å². The summed E-state index contributed by atoms with van der Waals surface area (Å²) in [5.74, 6) is 1.46. The number of hydrogen-bond acceptors (Lipinski definition) is 4. The van der Waals surface area contributed by atoms with Gasteiger partial charge in [-0.2, -0.15) is 0 Å². The van der Waals surface area contributed by atoms with Crippen LogP contribution in [0.15, 0.2) is 48.5 Å². The molecule has 0 saturated heterocycles. The van der Waals surface area contributed by atoms with Gasteiger partial charge in [-0.1, -0.05) is 39.0 Å². The topological polar surface area (TPSA) is 44.8 Å². The lowest BCUT2D eigenvalue weighted by Gasteiger charge is -2.22. The Morgan fingerprint density at radius 3 is 2.17 bits per heavy atom. The van der Waals surface area contributed by atoms with Crippen LogP contribution < -0.4 is 14.2 Å². The third kappa shape index (κ3) is 4.74. The average Bonchev–Trinajstić information content (AvgIpc) is 2.53. The first-order chi connectivity index (χ1) is 10.9. The highest BCUT2D eigenvalue weighted by molar-refractivity contribution is 5.74. The van der Waals surface area contributed by atoms with E-state index in [4.69, 9.17) is 14.2 Å². The van der Waals surface area contributed by atoms with Gasteiger partial charge in [0.2, 0.25) is 0 Å². The highest BCUT2D eigenvalue weighted by atomic mass is 16.6. The van der Waals surface area contributed by atoms with Gasteiger partial charge in [0.25, 0.3) is 0 Å². The number of benzene rings is 2. The van der Waals surface area contributed by atoms with Crippen molar-refractivity contribution in [2.24, 2.45) is 0 Å². The first-order valence-electron chi connectivity index (χ1n) is 7.47. The van der Waals surface area contributed by atoms with E-state index in [2.05, 4.69) is 20.8 Å². The van der Waals surface area contributed by atoms with Crippen LogP contribution in [-0.2, 0) is 10.2 Å². The third-order valence-electron chi connectivity index (χ3n) is 3.33. The summed E-state index contributed by atoms with van der Waals surface area (Å²) in [6, 6.07) is 14.6. The molecule has 23 heavy (non-hydrogen) atoms. The lowest BCUT2D eigenvalue weighted by molar-refractivity contribution is -0.136. The van der Waals surface area contributed by atoms with E-state index in [1.54, 1.807) is 37.4 Å². The van der Waals surface area contributed by atoms with Crippen molar-refractivity contribution in [2.75, 3.05) is 13.7 Å². The number of ether oxygens (including phenoxy) is 3. The summed E-state index contributed by atoms with van der Waals surface area (Å²) in [7, 11) is 1.60. The maximum atomic E-state index is 12.0. The predicted octanol–water partition coefficient (Wildman–Crippen LogP) is 3.98. The smallest absolute Gasteiger partial charge is 0.349 e. The molecule has 0 bridgehead atoms. The zero-order valence-electron chi connectivity index (χ0n) is 14.0. The Kier molecular flexibility index (Phi) is 5.27. The molecule has 0 fully saturated rings. The van der Waals surface area contributed by atoms with E-state index in [0.717, 1.165) is 11.3 Å². The molecular weight excluding hydrogens is 292 g/mol. The number of rotatable bonds is 5. The third-order valence-corrected chi connectivity index (χ3v) is 3.33. The van der Waals surface area contributed by atoms with E-state index >= 15 is 0 Å². The molecule has 0 aromatic heterocycles. The van der Waals surface area contributed by atoms with Crippen LogP contribution in [0.2, 0.25) is 0 Å². The first-order valence-corrected chi connectivity index (χ1v) is 7.47. The van der Waals surface area contributed by atoms with E-state index in [0.29, 0.717) is 11.5 Å². The van der Waals surface area contributed by atoms with Gasteiger partial charge in [-0.3, -0.25) is 0 Å². The summed E-state index contributed by atoms with van der Waals surface area (Å²) >= 11 is 0. The summed E-state index contributed by atoms with van der Waals surface area (Å²) in [6.45, 7) is 6.08. The van der Waals surface area contributed by atoms with Crippen molar-refractivity contribution in [3.05, 3.63) is 54.1 Å². The van der Waals surface area contributed by atoms with Crippen LogP contribution in [0.25, 0.3) is 0 Å². The van der Waals surface area contributed by atoms with E-state index in [1.165, 1.54) is 0 Å². The van der Waals surface area contributed by atoms with Crippen LogP contribution in [0.3, 0.4) is 0 Å². The van der Waals surface area contributed by atoms with E-state index in [-0.39, 0.29) is 12.0 Å². The van der Waals surface area contributed by atoms with Gasteiger partial charge in [-0.15, -0.1) is 0 Å². The molecule has 0 N–H and O–H groups in total. The summed E-state index contributed by atoms with van der Waals surface area (Å²) in [5, 5.41) is 0. The second-order valence-corrected chi connectivity index (χ2v) is 6.18. The van der Waals surface area contributed by atoms with Crippen molar-refractivity contribution in [3.8, 4) is 17.2 Å². The monoisotopic (exact) mass is 314 g/mol. The van der Waals surface area contributed by atoms with Gasteiger partial charge in [-0.25, -0.2) is 4.79 Å². The molecule has 2 rings (SSSR count). The van der Waals surface area contributed by atoms with Gasteiger partial charge >= 0.3 is 5.97 Å². The summed E-state index contributed by atoms with van der Waals surface area (Å²) in [6.07, 6.45) is 0. The predicted molar refractivity (Wildman–Crippen MR) is 89.3 cm³/mol. The molecule has 4 heteroatoms. The van der Waals surface area contributed by atoms with Crippen LogP contribution in [0, 0.1) is 0 Å². The average molecular weight is 314 g/mol. The number of hydrogen-bond donors (Lipinski definition) is 0. The van der Waals surface area contributed by atoms with Gasteiger partial charge in [0.1, 0.15) is 17.2 Å². The number of carbonyl (C=O) groups is 1. The molecule has 2 aromatic carbocycles. The molecular formula is C19H22O4. The minimum absolute atomic E-state index is 0.103. The van der Waals surface area contributed by atoms with E-state index in [1.807, 2.05) is 18.2 Å². The standard InChI is InChI=1S/C19H22O4/c1-19(2,3)16-7-5-6-8-17(16)23-18(20)13-22-15-11-9-14(21-4)10-12-15/h5-12H,13H2,1-4H3. The van der Waals surface area contributed by atoms with Crippen molar-refractivity contribution < 1.29 is 19.0 Å². The van der Waals surface area contributed by atoms with Crippen LogP contribution in [0.5, 0.6) is 17.2 Å². The second-order valence-electron chi connectivity index (χ2n) is 6.18. The minimum atomic E-state index is -0.433. The quantitative estimate of drug-likeness (QED) is 0.618. The van der Waals surface area contributed by atoms with Gasteiger partial charge < -0.3 is 14.2 Å². The Morgan fingerprint density at radius 2 is 1.57 bits per heavy atom. The Bertz CT molecular complexity index is 654. The maximum absolute atomic E-state index is 12.0. The number of carbonyl (C=O) groups excluding carboxylic acids is 1. The van der Waals surface area contributed by atoms with Crippen LogP contribution in [0.1, 0.15) is 26.3 Å². The molecule has 0 spiro atoms. The van der Waals surface area contributed by atoms with Crippen molar-refractivity contribution in [2.45, 2.75) is 26.2 Å². The molecule has 122 valence electrons. The van der Waals surface area contributed by atoms with Crippen molar-refractivity contribution >= 4 is 5.97 Å². The molecule has 0 aliphatic heterocycles. The van der Waals surface area contributed by atoms with Crippen molar-refractivity contribution in [1.29, 1.82) is 0 Å². The second kappa shape index (κ2) is 7.18. The van der Waals surface area contributed by atoms with Crippen LogP contribution in [0.4, 0.5) is 0 Å². The van der Waals surface area contributed by atoms with Crippen molar-refractivity contribution in [3.63, 3.8) is 0 Å². The summed E-state index contributed by atoms with van der Waals surface area (Å²) in [5.41, 5.74) is 0.881. The fourth-order valence-corrected chi connectivity index (χ4v) is 2.14. The number of methoxy groups -OCH3 is 1. The highest BCUT2D eigenvalue weighted by Crippen LogP contribution is 2.31. The Hall–Kier alpha value is -2.49. The fourth-order valence-electron chi connectivity index (χ4n) is 2.14. The Labute approximate surface area is 137 Å². The lowest BCUT2D eigenvalue weighted by atomic mass is 9.86. The van der Waals surface area contributed by atoms with Gasteiger partial charge in [0.15, 0.2) is 6.61 Å². The molecule has 0 atom stereocenters. The molecule has 0 radical (unpaired) electrons. The zero-order chi connectivity index (χ0) is 16.9. The van der Waals surface area contributed by atoms with Crippen molar-refractivity contribution in [1.82, 2.24) is 0 Å². The molecule has 4 nitrogen and oxygen atoms in total. The Morgan fingerprint density at radius 1 is 0.957 bits per heavy atom. The number of esters is 1. The Balaban J connectivity index is 1.97. The fraction of sp³-hybridized carbons (Fsp3) is 0.316. The maximum Gasteiger partial charge on any atom is 0.349 e. The molecule has 0 amide bonds. The van der Waals surface area contributed by atoms with E-state index < -0.39 is 5.97 Å². The highest BCUT2D eigenvalue weighted by Gasteiger charge is 2.20. The lowest BCUT2D eigenvalue weighted by Crippen LogP contribution is -2.20. The molecule has 0 heterocycles. The van der Waals surface area contributed by atoms with Crippen LogP contribution >= 0.6 is 0 Å². The van der Waals surface area contributed by atoms with Gasteiger partial charge in [-0.05, 0) is 35.7 Å². The molecule has 0 saturated carbocycles. The zero-order valence-corrected chi connectivity index (χ0v) is 14.0. The van der Waals surface area contributed by atoms with Gasteiger partial charge in [0, 0.05) is 5.56 Å². The minimum Gasteiger partial charge on any atom is -0.497 e. The largest absolute Gasteiger partial charge is 0.497 e. The number of para-hydroxylation sites is 1. The first kappa shape index (κ1) is 16.9. The molecule has 0 unspecified atom stereocenters.